The van der Waals surface area contributed by atoms with E-state index in [1.807, 2.05) is 0 Å². The van der Waals surface area contributed by atoms with Crippen molar-refractivity contribution in [2.45, 2.75) is 24.9 Å². The number of thioether (sulfide) groups is 1. The third-order valence-electron chi connectivity index (χ3n) is 1.45. The van der Waals surface area contributed by atoms with Crippen LogP contribution in [0.4, 0.5) is 0 Å². The molecule has 0 atom stereocenters. The molecular formula is C9H12N2OS. The van der Waals surface area contributed by atoms with E-state index in [1.54, 1.807) is 37.1 Å². The van der Waals surface area contributed by atoms with Gasteiger partial charge in [0.25, 0.3) is 0 Å². The van der Waals surface area contributed by atoms with Gasteiger partial charge in [0.1, 0.15) is 5.78 Å². The Labute approximate surface area is 82.0 Å². The molecule has 0 N–H and O–H groups in total. The summed E-state index contributed by atoms with van der Waals surface area (Å²) in [5.74, 6) is 1.15. The van der Waals surface area contributed by atoms with Crippen molar-refractivity contribution in [1.29, 1.82) is 0 Å². The van der Waals surface area contributed by atoms with Gasteiger partial charge in [-0.2, -0.15) is 0 Å². The Morgan fingerprint density at radius 1 is 1.46 bits per heavy atom. The van der Waals surface area contributed by atoms with Crippen LogP contribution in [0, 0.1) is 0 Å². The van der Waals surface area contributed by atoms with E-state index >= 15 is 0 Å². The van der Waals surface area contributed by atoms with Crippen LogP contribution in [0.2, 0.25) is 0 Å². The lowest BCUT2D eigenvalue weighted by Crippen LogP contribution is -1.92. The Morgan fingerprint density at radius 3 is 2.77 bits per heavy atom. The summed E-state index contributed by atoms with van der Waals surface area (Å²) in [5, 5.41) is 0.783. The maximum atomic E-state index is 10.6. The highest BCUT2D eigenvalue weighted by Gasteiger charge is 1.97. The normalized spacial score (nSPS) is 9.92. The summed E-state index contributed by atoms with van der Waals surface area (Å²) in [7, 11) is 0. The SMILES string of the molecule is CC(=O)CCCSc1ncccn1. The fourth-order valence-corrected chi connectivity index (χ4v) is 1.59. The van der Waals surface area contributed by atoms with Gasteiger partial charge < -0.3 is 4.79 Å². The number of carbonyl (C=O) groups is 1. The molecule has 0 radical (unpaired) electrons. The van der Waals surface area contributed by atoms with Gasteiger partial charge in [-0.15, -0.1) is 0 Å². The third kappa shape index (κ3) is 4.62. The predicted molar refractivity (Wildman–Crippen MR) is 52.7 cm³/mol. The van der Waals surface area contributed by atoms with Crippen LogP contribution in [0.5, 0.6) is 0 Å². The minimum Gasteiger partial charge on any atom is -0.300 e. The molecule has 1 aromatic rings. The van der Waals surface area contributed by atoms with Crippen LogP contribution in [-0.2, 0) is 4.79 Å². The number of hydrogen-bond acceptors (Lipinski definition) is 4. The quantitative estimate of drug-likeness (QED) is 0.410. The first-order valence-electron chi connectivity index (χ1n) is 4.18. The molecule has 1 rings (SSSR count). The average Bonchev–Trinajstić information content (AvgIpc) is 2.14. The van der Waals surface area contributed by atoms with Crippen molar-refractivity contribution in [3.05, 3.63) is 18.5 Å². The monoisotopic (exact) mass is 196 g/mol. The standard InChI is InChI=1S/C9H12N2OS/c1-8(12)4-2-7-13-9-10-5-3-6-11-9/h3,5-6H,2,4,7H2,1H3. The topological polar surface area (TPSA) is 42.9 Å². The molecule has 0 aliphatic rings. The molecule has 0 saturated heterocycles. The molecule has 1 aromatic heterocycles. The second-order valence-corrected chi connectivity index (χ2v) is 3.75. The highest BCUT2D eigenvalue weighted by atomic mass is 32.2. The molecular weight excluding hydrogens is 184 g/mol. The third-order valence-corrected chi connectivity index (χ3v) is 2.41. The first-order valence-corrected chi connectivity index (χ1v) is 5.17. The molecule has 0 aromatic carbocycles. The van der Waals surface area contributed by atoms with Crippen molar-refractivity contribution in [3.8, 4) is 0 Å². The second-order valence-electron chi connectivity index (χ2n) is 2.69. The van der Waals surface area contributed by atoms with E-state index in [4.69, 9.17) is 0 Å². The van der Waals surface area contributed by atoms with Crippen molar-refractivity contribution in [1.82, 2.24) is 9.97 Å². The van der Waals surface area contributed by atoms with Gasteiger partial charge in [-0.3, -0.25) is 0 Å². The lowest BCUT2D eigenvalue weighted by atomic mass is 10.3. The number of nitrogens with zero attached hydrogens (tertiary/aromatic N) is 2. The molecule has 70 valence electrons. The van der Waals surface area contributed by atoms with Gasteiger partial charge in [-0.1, -0.05) is 11.8 Å². The Hall–Kier alpha value is -0.900. The van der Waals surface area contributed by atoms with Gasteiger partial charge in [0, 0.05) is 24.6 Å². The molecule has 0 spiro atoms. The van der Waals surface area contributed by atoms with E-state index in [1.165, 1.54) is 0 Å². The van der Waals surface area contributed by atoms with E-state index in [9.17, 15) is 4.79 Å². The summed E-state index contributed by atoms with van der Waals surface area (Å²) in [6.07, 6.45) is 5.00. The Bertz CT molecular complexity index is 264. The highest BCUT2D eigenvalue weighted by molar-refractivity contribution is 7.99. The van der Waals surface area contributed by atoms with E-state index < -0.39 is 0 Å². The number of carbonyl (C=O) groups excluding carboxylic acids is 1. The smallest absolute Gasteiger partial charge is 0.187 e. The Balaban J connectivity index is 2.17. The van der Waals surface area contributed by atoms with Crippen LogP contribution < -0.4 is 0 Å². The summed E-state index contributed by atoms with van der Waals surface area (Å²) in [6.45, 7) is 1.61. The first-order chi connectivity index (χ1) is 6.29. The van der Waals surface area contributed by atoms with Crippen molar-refractivity contribution < 1.29 is 4.79 Å². The molecule has 0 aliphatic carbocycles. The number of aromatic nitrogens is 2. The molecule has 0 bridgehead atoms. The lowest BCUT2D eigenvalue weighted by molar-refractivity contribution is -0.117. The fourth-order valence-electron chi connectivity index (χ4n) is 0.845. The van der Waals surface area contributed by atoms with E-state index in [0.717, 1.165) is 17.3 Å². The minimum absolute atomic E-state index is 0.245. The Morgan fingerprint density at radius 2 is 2.15 bits per heavy atom. The highest BCUT2D eigenvalue weighted by Crippen LogP contribution is 2.12. The van der Waals surface area contributed by atoms with Gasteiger partial charge in [0.05, 0.1) is 0 Å². The molecule has 3 nitrogen and oxygen atoms in total. The fraction of sp³-hybridized carbons (Fsp3) is 0.444. The van der Waals surface area contributed by atoms with Crippen molar-refractivity contribution in [3.63, 3.8) is 0 Å². The van der Waals surface area contributed by atoms with E-state index in [-0.39, 0.29) is 5.78 Å². The van der Waals surface area contributed by atoms with Crippen LogP contribution in [0.1, 0.15) is 19.8 Å². The second kappa shape index (κ2) is 5.70. The first kappa shape index (κ1) is 10.2. The number of ketones is 1. The summed E-state index contributed by atoms with van der Waals surface area (Å²) in [4.78, 5) is 18.7. The van der Waals surface area contributed by atoms with E-state index in [2.05, 4.69) is 9.97 Å². The van der Waals surface area contributed by atoms with Crippen molar-refractivity contribution >= 4 is 17.5 Å². The van der Waals surface area contributed by atoms with Crippen LogP contribution >= 0.6 is 11.8 Å². The number of Topliss-reactive ketones (excluding diaryl/α,β-unsaturated/α-hetero) is 1. The lowest BCUT2D eigenvalue weighted by Gasteiger charge is -1.97. The molecule has 0 fully saturated rings. The van der Waals surface area contributed by atoms with Gasteiger partial charge in [0.2, 0.25) is 0 Å². The molecule has 0 aliphatic heterocycles. The maximum absolute atomic E-state index is 10.6. The van der Waals surface area contributed by atoms with Gasteiger partial charge in [-0.25, -0.2) is 9.97 Å². The zero-order chi connectivity index (χ0) is 9.52. The molecule has 1 heterocycles. The molecule has 0 unspecified atom stereocenters. The van der Waals surface area contributed by atoms with Crippen molar-refractivity contribution in [2.24, 2.45) is 0 Å². The van der Waals surface area contributed by atoms with Gasteiger partial charge in [-0.05, 0) is 19.4 Å². The van der Waals surface area contributed by atoms with Gasteiger partial charge in [0.15, 0.2) is 5.16 Å². The minimum atomic E-state index is 0.245. The summed E-state index contributed by atoms with van der Waals surface area (Å²) in [6, 6.07) is 1.79. The average molecular weight is 196 g/mol. The molecule has 4 heteroatoms. The predicted octanol–water partition coefficient (Wildman–Crippen LogP) is 1.94. The summed E-state index contributed by atoms with van der Waals surface area (Å²) in [5.41, 5.74) is 0. The van der Waals surface area contributed by atoms with Crippen LogP contribution in [0.25, 0.3) is 0 Å². The van der Waals surface area contributed by atoms with Crippen molar-refractivity contribution in [2.75, 3.05) is 5.75 Å². The summed E-state index contributed by atoms with van der Waals surface area (Å²) >= 11 is 1.59. The maximum Gasteiger partial charge on any atom is 0.187 e. The molecule has 0 saturated carbocycles. The van der Waals surface area contributed by atoms with Gasteiger partial charge >= 0.3 is 0 Å². The number of hydrogen-bond donors (Lipinski definition) is 0. The zero-order valence-electron chi connectivity index (χ0n) is 7.56. The molecule has 13 heavy (non-hydrogen) atoms. The summed E-state index contributed by atoms with van der Waals surface area (Å²) < 4.78 is 0. The largest absolute Gasteiger partial charge is 0.300 e. The Kier molecular flexibility index (Phi) is 4.46. The van der Waals surface area contributed by atoms with Crippen LogP contribution in [-0.4, -0.2) is 21.5 Å². The van der Waals surface area contributed by atoms with Crippen LogP contribution in [0.15, 0.2) is 23.6 Å². The zero-order valence-corrected chi connectivity index (χ0v) is 8.38. The van der Waals surface area contributed by atoms with Crippen LogP contribution in [0.3, 0.4) is 0 Å². The molecule has 0 amide bonds. The van der Waals surface area contributed by atoms with E-state index in [0.29, 0.717) is 6.42 Å². The number of rotatable bonds is 5.